The van der Waals surface area contributed by atoms with E-state index >= 15 is 0 Å². The largest absolute Gasteiger partial charge is 0.481 e. The van der Waals surface area contributed by atoms with Gasteiger partial charge in [0.25, 0.3) is 0 Å². The number of thiol groups is 1. The minimum absolute atomic E-state index is 0.0624. The molecule has 9 heteroatoms. The number of aryl methyl sites for hydroxylation is 1. The van der Waals surface area contributed by atoms with Gasteiger partial charge in [-0.05, 0) is 36.8 Å². The fraction of sp³-hybridized carbons (Fsp3) is 0.654. The summed E-state index contributed by atoms with van der Waals surface area (Å²) in [5.74, 6) is -4.65. The number of amides is 1. The number of ketones is 1. The van der Waals surface area contributed by atoms with Gasteiger partial charge in [0.05, 0.1) is 12.0 Å². The van der Waals surface area contributed by atoms with Crippen molar-refractivity contribution in [1.29, 1.82) is 0 Å². The molecule has 0 radical (unpaired) electrons. The molecule has 0 aliphatic heterocycles. The Kier molecular flexibility index (Phi) is 14.7. The SMILES string of the molecule is CCCCCCCCCc1ccc(C(CCCCC(=O)[C@H](CS)NC(=O)C(F)(F)F)C(=O)O)cc1. The van der Waals surface area contributed by atoms with Gasteiger partial charge in [0.15, 0.2) is 5.78 Å². The van der Waals surface area contributed by atoms with Crippen molar-refractivity contribution in [3.8, 4) is 0 Å². The normalized spacial score (nSPS) is 13.3. The maximum Gasteiger partial charge on any atom is 0.471 e. The highest BCUT2D eigenvalue weighted by atomic mass is 32.1. The van der Waals surface area contributed by atoms with Crippen LogP contribution in [-0.4, -0.2) is 40.7 Å². The number of carbonyl (C=O) groups excluding carboxylic acids is 2. The van der Waals surface area contributed by atoms with E-state index in [2.05, 4.69) is 19.6 Å². The Morgan fingerprint density at radius 2 is 1.54 bits per heavy atom. The Labute approximate surface area is 211 Å². The molecule has 5 nitrogen and oxygen atoms in total. The number of nitrogens with one attached hydrogen (secondary N) is 1. The van der Waals surface area contributed by atoms with E-state index in [1.165, 1.54) is 44.1 Å². The average molecular weight is 518 g/mol. The van der Waals surface area contributed by atoms with Gasteiger partial charge in [0.2, 0.25) is 0 Å². The molecule has 2 atom stereocenters. The summed E-state index contributed by atoms with van der Waals surface area (Å²) in [4.78, 5) is 35.0. The van der Waals surface area contributed by atoms with Crippen molar-refractivity contribution in [2.75, 3.05) is 5.75 Å². The third-order valence-electron chi connectivity index (χ3n) is 6.05. The molecule has 1 unspecified atom stereocenters. The summed E-state index contributed by atoms with van der Waals surface area (Å²) >= 11 is 3.85. The Morgan fingerprint density at radius 1 is 0.943 bits per heavy atom. The fourth-order valence-electron chi connectivity index (χ4n) is 3.93. The van der Waals surface area contributed by atoms with Crippen LogP contribution in [0, 0.1) is 0 Å². The fourth-order valence-corrected chi connectivity index (χ4v) is 4.22. The molecular weight excluding hydrogens is 479 g/mol. The first kappa shape index (κ1) is 31.0. The first-order valence-electron chi connectivity index (χ1n) is 12.4. The van der Waals surface area contributed by atoms with Gasteiger partial charge < -0.3 is 10.4 Å². The third kappa shape index (κ3) is 12.5. The molecule has 0 fully saturated rings. The van der Waals surface area contributed by atoms with Gasteiger partial charge >= 0.3 is 18.1 Å². The van der Waals surface area contributed by atoms with Gasteiger partial charge in [-0.1, -0.05) is 76.1 Å². The van der Waals surface area contributed by atoms with Crippen LogP contribution in [0.2, 0.25) is 0 Å². The summed E-state index contributed by atoms with van der Waals surface area (Å²) in [6, 6.07) is 6.28. The molecule has 35 heavy (non-hydrogen) atoms. The second-order valence-electron chi connectivity index (χ2n) is 8.92. The Morgan fingerprint density at radius 3 is 2.09 bits per heavy atom. The van der Waals surface area contributed by atoms with Crippen LogP contribution in [0.1, 0.15) is 94.6 Å². The van der Waals surface area contributed by atoms with E-state index in [-0.39, 0.29) is 12.2 Å². The number of carboxylic acid groups (broad SMARTS) is 1. The molecule has 0 aromatic heterocycles. The van der Waals surface area contributed by atoms with E-state index in [1.54, 1.807) is 5.32 Å². The van der Waals surface area contributed by atoms with Gasteiger partial charge in [-0.25, -0.2) is 0 Å². The van der Waals surface area contributed by atoms with Crippen LogP contribution in [-0.2, 0) is 20.8 Å². The molecule has 2 N–H and O–H groups in total. The van der Waals surface area contributed by atoms with E-state index in [1.807, 2.05) is 24.3 Å². The van der Waals surface area contributed by atoms with Gasteiger partial charge in [-0.15, -0.1) is 0 Å². The molecule has 1 rings (SSSR count). The standard InChI is InChI=1S/C26H38F3NO4S/c1-2-3-4-5-6-7-8-11-19-14-16-20(17-15-19)21(24(32)33)12-9-10-13-23(31)22(18-35)30-25(34)26(27,28)29/h14-17,21-22,35H,2-13,18H2,1H3,(H,30,34)(H,32,33)/t21?,22-/m0/s1. The molecule has 1 aromatic rings. The minimum Gasteiger partial charge on any atom is -0.481 e. The van der Waals surface area contributed by atoms with Crippen LogP contribution in [0.5, 0.6) is 0 Å². The van der Waals surface area contributed by atoms with Crippen LogP contribution < -0.4 is 5.32 Å². The Balaban J connectivity index is 2.46. The van der Waals surface area contributed by atoms with Crippen molar-refractivity contribution in [2.45, 2.75) is 102 Å². The molecule has 0 saturated heterocycles. The number of halogens is 3. The van der Waals surface area contributed by atoms with Crippen molar-refractivity contribution in [3.63, 3.8) is 0 Å². The van der Waals surface area contributed by atoms with Gasteiger partial charge in [-0.2, -0.15) is 25.8 Å². The Hall–Kier alpha value is -2.03. The molecule has 0 aliphatic carbocycles. The van der Waals surface area contributed by atoms with Crippen LogP contribution >= 0.6 is 12.6 Å². The zero-order valence-corrected chi connectivity index (χ0v) is 21.3. The topological polar surface area (TPSA) is 83.5 Å². The lowest BCUT2D eigenvalue weighted by Gasteiger charge is -2.17. The average Bonchev–Trinajstić information content (AvgIpc) is 2.81. The van der Waals surface area contributed by atoms with Crippen molar-refractivity contribution < 1.29 is 32.7 Å². The van der Waals surface area contributed by atoms with Crippen molar-refractivity contribution in [3.05, 3.63) is 35.4 Å². The maximum atomic E-state index is 12.4. The number of carbonyl (C=O) groups is 3. The minimum atomic E-state index is -5.07. The summed E-state index contributed by atoms with van der Waals surface area (Å²) in [6.45, 7) is 2.20. The lowest BCUT2D eigenvalue weighted by atomic mass is 9.91. The summed E-state index contributed by atoms with van der Waals surface area (Å²) < 4.78 is 37.2. The van der Waals surface area contributed by atoms with E-state index in [0.29, 0.717) is 24.8 Å². The number of unbranched alkanes of at least 4 members (excludes halogenated alkanes) is 7. The number of benzene rings is 1. The van der Waals surface area contributed by atoms with Crippen LogP contribution in [0.15, 0.2) is 24.3 Å². The number of hydrogen-bond donors (Lipinski definition) is 3. The summed E-state index contributed by atoms with van der Waals surface area (Å²) in [5, 5.41) is 11.3. The van der Waals surface area contributed by atoms with E-state index in [0.717, 1.165) is 12.8 Å². The van der Waals surface area contributed by atoms with Crippen LogP contribution in [0.3, 0.4) is 0 Å². The molecule has 0 aliphatic rings. The molecule has 0 heterocycles. The molecular formula is C26H38F3NO4S. The third-order valence-corrected chi connectivity index (χ3v) is 6.41. The highest BCUT2D eigenvalue weighted by Crippen LogP contribution is 2.24. The maximum absolute atomic E-state index is 12.4. The molecule has 1 aromatic carbocycles. The number of rotatable bonds is 18. The highest BCUT2D eigenvalue weighted by molar-refractivity contribution is 7.80. The first-order valence-corrected chi connectivity index (χ1v) is 13.1. The van der Waals surface area contributed by atoms with Crippen molar-refractivity contribution >= 4 is 30.3 Å². The molecule has 1 amide bonds. The lowest BCUT2D eigenvalue weighted by molar-refractivity contribution is -0.174. The molecule has 0 bridgehead atoms. The van der Waals surface area contributed by atoms with E-state index < -0.39 is 35.8 Å². The quantitative estimate of drug-likeness (QED) is 0.159. The highest BCUT2D eigenvalue weighted by Gasteiger charge is 2.40. The number of aliphatic carboxylic acids is 1. The zero-order chi connectivity index (χ0) is 26.3. The summed E-state index contributed by atoms with van der Waals surface area (Å²) in [5.41, 5.74) is 1.87. The summed E-state index contributed by atoms with van der Waals surface area (Å²) in [6.07, 6.45) is 5.50. The monoisotopic (exact) mass is 517 g/mol. The molecule has 0 saturated carbocycles. The second kappa shape index (κ2) is 16.6. The van der Waals surface area contributed by atoms with Gasteiger partial charge in [0.1, 0.15) is 0 Å². The number of alkyl halides is 3. The predicted molar refractivity (Wildman–Crippen MR) is 134 cm³/mol. The van der Waals surface area contributed by atoms with Crippen LogP contribution in [0.25, 0.3) is 0 Å². The number of hydrogen-bond acceptors (Lipinski definition) is 4. The lowest BCUT2D eigenvalue weighted by Crippen LogP contribution is -2.47. The smallest absolute Gasteiger partial charge is 0.471 e. The van der Waals surface area contributed by atoms with Crippen molar-refractivity contribution in [1.82, 2.24) is 5.32 Å². The zero-order valence-electron chi connectivity index (χ0n) is 20.4. The second-order valence-corrected chi connectivity index (χ2v) is 9.29. The first-order chi connectivity index (χ1) is 16.6. The van der Waals surface area contributed by atoms with E-state index in [9.17, 15) is 32.7 Å². The molecule has 198 valence electrons. The number of carboxylic acids is 1. The van der Waals surface area contributed by atoms with E-state index in [4.69, 9.17) is 0 Å². The predicted octanol–water partition coefficient (Wildman–Crippen LogP) is 6.25. The van der Waals surface area contributed by atoms with Crippen LogP contribution in [0.4, 0.5) is 13.2 Å². The number of Topliss-reactive ketones (excluding diaryl/α,β-unsaturated/α-hetero) is 1. The Bertz CT molecular complexity index is 784. The molecule has 0 spiro atoms. The van der Waals surface area contributed by atoms with Gasteiger partial charge in [0, 0.05) is 12.2 Å². The summed E-state index contributed by atoms with van der Waals surface area (Å²) in [7, 11) is 0. The van der Waals surface area contributed by atoms with Gasteiger partial charge in [-0.3, -0.25) is 14.4 Å². The van der Waals surface area contributed by atoms with Crippen molar-refractivity contribution in [2.24, 2.45) is 0 Å².